The van der Waals surface area contributed by atoms with E-state index < -0.39 is 0 Å². The average Bonchev–Trinajstić information content (AvgIpc) is 2.49. The van der Waals surface area contributed by atoms with E-state index in [1.54, 1.807) is 18.9 Å². The predicted octanol–water partition coefficient (Wildman–Crippen LogP) is 4.53. The van der Waals surface area contributed by atoms with Gasteiger partial charge >= 0.3 is 0 Å². The first-order valence-corrected chi connectivity index (χ1v) is 7.60. The van der Waals surface area contributed by atoms with Gasteiger partial charge in [0.1, 0.15) is 0 Å². The Morgan fingerprint density at radius 3 is 2.41 bits per heavy atom. The van der Waals surface area contributed by atoms with Crippen LogP contribution in [0, 0.1) is 0 Å². The molecular weight excluding hydrogens is 298 g/mol. The van der Waals surface area contributed by atoms with Crippen LogP contribution in [-0.2, 0) is 16.1 Å². The Hall–Kier alpha value is -1.84. The van der Waals surface area contributed by atoms with Gasteiger partial charge in [-0.3, -0.25) is 4.79 Å². The third kappa shape index (κ3) is 3.67. The number of carbonyl (C=O) groups excluding carboxylic acids is 1. The van der Waals surface area contributed by atoms with Crippen molar-refractivity contribution in [3.63, 3.8) is 0 Å². The van der Waals surface area contributed by atoms with Gasteiger partial charge in [0.05, 0.1) is 6.61 Å². The van der Waals surface area contributed by atoms with E-state index in [4.69, 9.17) is 16.3 Å². The highest BCUT2D eigenvalue weighted by molar-refractivity contribution is 6.30. The van der Waals surface area contributed by atoms with E-state index in [-0.39, 0.29) is 5.91 Å². The number of nitrogens with zero attached hydrogens (tertiary/aromatic N) is 1. The summed E-state index contributed by atoms with van der Waals surface area (Å²) < 4.78 is 5.31. The molecule has 4 heteroatoms. The lowest BCUT2D eigenvalue weighted by Gasteiger charge is -2.21. The van der Waals surface area contributed by atoms with Gasteiger partial charge in [-0.05, 0) is 47.9 Å². The fourth-order valence-corrected chi connectivity index (χ4v) is 2.65. The van der Waals surface area contributed by atoms with Gasteiger partial charge < -0.3 is 9.64 Å². The fourth-order valence-electron chi connectivity index (χ4n) is 2.52. The molecule has 2 aromatic rings. The van der Waals surface area contributed by atoms with E-state index in [0.29, 0.717) is 18.2 Å². The van der Waals surface area contributed by atoms with Gasteiger partial charge in [-0.2, -0.15) is 0 Å². The zero-order valence-electron chi connectivity index (χ0n) is 13.1. The normalized spacial score (nSPS) is 10.5. The third-order valence-electron chi connectivity index (χ3n) is 3.55. The van der Waals surface area contributed by atoms with Crippen LogP contribution in [0.15, 0.2) is 42.5 Å². The average molecular weight is 318 g/mol. The highest BCUT2D eigenvalue weighted by Crippen LogP contribution is 2.29. The van der Waals surface area contributed by atoms with Crippen molar-refractivity contribution in [3.8, 4) is 11.1 Å². The van der Waals surface area contributed by atoms with Crippen LogP contribution in [0.4, 0.5) is 5.69 Å². The maximum absolute atomic E-state index is 11.7. The molecule has 0 aliphatic heterocycles. The van der Waals surface area contributed by atoms with Crippen molar-refractivity contribution in [2.75, 3.05) is 18.6 Å². The highest BCUT2D eigenvalue weighted by Gasteiger charge is 2.12. The molecule has 0 aliphatic rings. The molecule has 22 heavy (non-hydrogen) atoms. The summed E-state index contributed by atoms with van der Waals surface area (Å²) in [5.41, 5.74) is 4.09. The largest absolute Gasteiger partial charge is 0.380 e. The van der Waals surface area contributed by atoms with Crippen molar-refractivity contribution in [1.29, 1.82) is 0 Å². The number of hydrogen-bond acceptors (Lipinski definition) is 2. The minimum absolute atomic E-state index is 0.0325. The molecule has 0 aromatic heterocycles. The SMILES string of the molecule is CCN(C(C)=O)c1ccc(-c2ccc(Cl)cc2)c(COC)c1. The van der Waals surface area contributed by atoms with Gasteiger partial charge in [-0.15, -0.1) is 0 Å². The summed E-state index contributed by atoms with van der Waals surface area (Å²) >= 11 is 5.95. The van der Waals surface area contributed by atoms with Gasteiger partial charge in [-0.25, -0.2) is 0 Å². The number of carbonyl (C=O) groups is 1. The second kappa shape index (κ2) is 7.43. The molecule has 0 radical (unpaired) electrons. The van der Waals surface area contributed by atoms with E-state index in [1.165, 1.54) is 0 Å². The summed E-state index contributed by atoms with van der Waals surface area (Å²) in [7, 11) is 1.67. The molecule has 2 rings (SSSR count). The van der Waals surface area contributed by atoms with Crippen LogP contribution in [0.5, 0.6) is 0 Å². The molecule has 1 amide bonds. The van der Waals surface area contributed by atoms with Crippen LogP contribution in [0.2, 0.25) is 5.02 Å². The summed E-state index contributed by atoms with van der Waals surface area (Å²) in [5.74, 6) is 0.0325. The van der Waals surface area contributed by atoms with Gasteiger partial charge in [0.15, 0.2) is 0 Å². The molecule has 0 saturated carbocycles. The fraction of sp³-hybridized carbons (Fsp3) is 0.278. The Morgan fingerprint density at radius 2 is 1.86 bits per heavy atom. The standard InChI is InChI=1S/C18H20ClNO2/c1-4-20(13(2)21)17-9-10-18(15(11-17)12-22-3)14-5-7-16(19)8-6-14/h5-11H,4,12H2,1-3H3. The Balaban J connectivity index is 2.47. The maximum atomic E-state index is 11.7. The Labute approximate surface area is 136 Å². The molecule has 0 N–H and O–H groups in total. The van der Waals surface area contributed by atoms with E-state index in [2.05, 4.69) is 0 Å². The molecule has 0 aliphatic carbocycles. The molecule has 0 fully saturated rings. The van der Waals surface area contributed by atoms with E-state index in [0.717, 1.165) is 22.4 Å². The molecule has 0 unspecified atom stereocenters. The second-order valence-electron chi connectivity index (χ2n) is 5.04. The molecule has 0 bridgehead atoms. The van der Waals surface area contributed by atoms with Crippen molar-refractivity contribution in [2.24, 2.45) is 0 Å². The smallest absolute Gasteiger partial charge is 0.223 e. The maximum Gasteiger partial charge on any atom is 0.223 e. The van der Waals surface area contributed by atoms with Crippen molar-refractivity contribution >= 4 is 23.2 Å². The van der Waals surface area contributed by atoms with E-state index in [1.807, 2.05) is 49.4 Å². The minimum Gasteiger partial charge on any atom is -0.380 e. The number of hydrogen-bond donors (Lipinski definition) is 0. The van der Waals surface area contributed by atoms with Crippen LogP contribution < -0.4 is 4.90 Å². The van der Waals surface area contributed by atoms with Gasteiger partial charge in [0, 0.05) is 31.3 Å². The number of methoxy groups -OCH3 is 1. The van der Waals surface area contributed by atoms with Crippen LogP contribution in [-0.4, -0.2) is 19.6 Å². The number of anilines is 1. The second-order valence-corrected chi connectivity index (χ2v) is 5.48. The lowest BCUT2D eigenvalue weighted by molar-refractivity contribution is -0.116. The molecule has 0 heterocycles. The first kappa shape index (κ1) is 16.5. The monoisotopic (exact) mass is 317 g/mol. The van der Waals surface area contributed by atoms with Crippen LogP contribution >= 0.6 is 11.6 Å². The quantitative estimate of drug-likeness (QED) is 0.811. The first-order chi connectivity index (χ1) is 10.6. The molecule has 2 aromatic carbocycles. The van der Waals surface area contributed by atoms with Gasteiger partial charge in [0.2, 0.25) is 5.91 Å². The number of halogens is 1. The third-order valence-corrected chi connectivity index (χ3v) is 3.80. The summed E-state index contributed by atoms with van der Waals surface area (Å²) in [6.07, 6.45) is 0. The van der Waals surface area contributed by atoms with E-state index in [9.17, 15) is 4.79 Å². The number of rotatable bonds is 5. The Kier molecular flexibility index (Phi) is 5.58. The zero-order valence-corrected chi connectivity index (χ0v) is 13.9. The minimum atomic E-state index is 0.0325. The molecule has 116 valence electrons. The zero-order chi connectivity index (χ0) is 16.1. The summed E-state index contributed by atoms with van der Waals surface area (Å²) in [6.45, 7) is 4.67. The molecule has 0 atom stereocenters. The van der Waals surface area contributed by atoms with Crippen LogP contribution in [0.1, 0.15) is 19.4 Å². The van der Waals surface area contributed by atoms with Crippen molar-refractivity contribution in [1.82, 2.24) is 0 Å². The Morgan fingerprint density at radius 1 is 1.18 bits per heavy atom. The summed E-state index contributed by atoms with van der Waals surface area (Å²) in [5, 5.41) is 0.711. The van der Waals surface area contributed by atoms with Crippen LogP contribution in [0.25, 0.3) is 11.1 Å². The predicted molar refractivity (Wildman–Crippen MR) is 91.3 cm³/mol. The lowest BCUT2D eigenvalue weighted by atomic mass is 9.99. The number of ether oxygens (including phenoxy) is 1. The van der Waals surface area contributed by atoms with Crippen LogP contribution in [0.3, 0.4) is 0 Å². The molecule has 0 spiro atoms. The number of amides is 1. The highest BCUT2D eigenvalue weighted by atomic mass is 35.5. The molecular formula is C18H20ClNO2. The van der Waals surface area contributed by atoms with Gasteiger partial charge in [-0.1, -0.05) is 29.8 Å². The summed E-state index contributed by atoms with van der Waals surface area (Å²) in [6, 6.07) is 13.7. The van der Waals surface area contributed by atoms with Crippen molar-refractivity contribution in [2.45, 2.75) is 20.5 Å². The summed E-state index contributed by atoms with van der Waals surface area (Å²) in [4.78, 5) is 13.5. The van der Waals surface area contributed by atoms with Crippen molar-refractivity contribution in [3.05, 3.63) is 53.1 Å². The molecule has 3 nitrogen and oxygen atoms in total. The Bertz CT molecular complexity index is 653. The topological polar surface area (TPSA) is 29.5 Å². The van der Waals surface area contributed by atoms with Crippen molar-refractivity contribution < 1.29 is 9.53 Å². The first-order valence-electron chi connectivity index (χ1n) is 7.22. The molecule has 0 saturated heterocycles. The lowest BCUT2D eigenvalue weighted by Crippen LogP contribution is -2.27. The number of benzene rings is 2. The van der Waals surface area contributed by atoms with Gasteiger partial charge in [0.25, 0.3) is 0 Å². The van der Waals surface area contributed by atoms with E-state index >= 15 is 0 Å².